The molecule has 1 N–H and O–H groups in total. The zero-order valence-corrected chi connectivity index (χ0v) is 10.3. The third kappa shape index (κ3) is 3.28. The van der Waals surface area contributed by atoms with Gasteiger partial charge in [-0.15, -0.1) is 0 Å². The normalized spacial score (nSPS) is 16.4. The van der Waals surface area contributed by atoms with Crippen LogP contribution in [0.3, 0.4) is 0 Å². The monoisotopic (exact) mass is 248 g/mol. The number of nitrogens with zero attached hydrogens (tertiary/aromatic N) is 1. The first kappa shape index (κ1) is 13.0. The second kappa shape index (κ2) is 6.48. The Kier molecular flexibility index (Phi) is 4.68. The van der Waals surface area contributed by atoms with E-state index in [0.717, 1.165) is 25.9 Å². The molecule has 0 atom stereocenters. The number of piperidine rings is 1. The molecular weight excluding hydrogens is 231 g/mol. The van der Waals surface area contributed by atoms with Crippen molar-refractivity contribution in [1.82, 2.24) is 5.32 Å². The number of rotatable bonds is 4. The Labute approximate surface area is 107 Å². The molecule has 1 aliphatic rings. The Morgan fingerprint density at radius 2 is 2.17 bits per heavy atom. The van der Waals surface area contributed by atoms with Gasteiger partial charge in [0.25, 0.3) is 0 Å². The fraction of sp³-hybridized carbons (Fsp3) is 0.500. The van der Waals surface area contributed by atoms with Crippen molar-refractivity contribution < 1.29 is 9.13 Å². The molecule has 96 valence electrons. The Morgan fingerprint density at radius 3 is 2.89 bits per heavy atom. The number of nitriles is 1. The summed E-state index contributed by atoms with van der Waals surface area (Å²) in [7, 11) is 0. The summed E-state index contributed by atoms with van der Waals surface area (Å²) in [6, 6.07) is 6.67. The Morgan fingerprint density at radius 1 is 1.39 bits per heavy atom. The lowest BCUT2D eigenvalue weighted by atomic mass is 9.99. The zero-order valence-electron chi connectivity index (χ0n) is 10.3. The fourth-order valence-electron chi connectivity index (χ4n) is 2.16. The maximum Gasteiger partial charge on any atom is 0.146 e. The first-order valence-corrected chi connectivity index (χ1v) is 6.27. The average molecular weight is 248 g/mol. The zero-order chi connectivity index (χ0) is 12.8. The highest BCUT2D eigenvalue weighted by molar-refractivity contribution is 5.34. The van der Waals surface area contributed by atoms with Crippen molar-refractivity contribution >= 4 is 0 Å². The summed E-state index contributed by atoms with van der Waals surface area (Å²) in [6.45, 7) is 2.97. The van der Waals surface area contributed by atoms with Gasteiger partial charge in [0.1, 0.15) is 11.9 Å². The van der Waals surface area contributed by atoms with E-state index in [1.54, 1.807) is 12.1 Å². The van der Waals surface area contributed by atoms with Crippen LogP contribution < -0.4 is 5.32 Å². The van der Waals surface area contributed by atoms with E-state index in [1.165, 1.54) is 6.07 Å². The summed E-state index contributed by atoms with van der Waals surface area (Å²) in [6.07, 6.45) is 2.22. The standard InChI is InChI=1S/C14H17FN2O/c15-14-12(8-16)2-1-3-13(14)10-18-9-11-4-6-17-7-5-11/h1-3,11,17H,4-7,9-10H2. The summed E-state index contributed by atoms with van der Waals surface area (Å²) in [5, 5.41) is 12.0. The predicted octanol–water partition coefficient (Wildman–Crippen LogP) is 2.21. The molecule has 0 unspecified atom stereocenters. The van der Waals surface area contributed by atoms with Gasteiger partial charge in [-0.25, -0.2) is 4.39 Å². The van der Waals surface area contributed by atoms with E-state index in [9.17, 15) is 4.39 Å². The van der Waals surface area contributed by atoms with Gasteiger partial charge in [-0.1, -0.05) is 12.1 Å². The maximum atomic E-state index is 13.7. The largest absolute Gasteiger partial charge is 0.376 e. The number of nitrogens with one attached hydrogen (secondary N) is 1. The lowest BCUT2D eigenvalue weighted by Crippen LogP contribution is -2.29. The fourth-order valence-corrected chi connectivity index (χ4v) is 2.16. The minimum absolute atomic E-state index is 0.0815. The molecule has 0 amide bonds. The number of halogens is 1. The minimum atomic E-state index is -0.453. The van der Waals surface area contributed by atoms with Gasteiger partial charge in [0.05, 0.1) is 12.2 Å². The molecule has 18 heavy (non-hydrogen) atoms. The lowest BCUT2D eigenvalue weighted by molar-refractivity contribution is 0.0746. The van der Waals surface area contributed by atoms with Crippen LogP contribution in [0.15, 0.2) is 18.2 Å². The topological polar surface area (TPSA) is 45.0 Å². The molecule has 1 fully saturated rings. The quantitative estimate of drug-likeness (QED) is 0.888. The van der Waals surface area contributed by atoms with E-state index >= 15 is 0 Å². The lowest BCUT2D eigenvalue weighted by Gasteiger charge is -2.22. The van der Waals surface area contributed by atoms with Crippen molar-refractivity contribution in [2.45, 2.75) is 19.4 Å². The molecule has 1 aromatic carbocycles. The van der Waals surface area contributed by atoms with Crippen LogP contribution in [0.2, 0.25) is 0 Å². The van der Waals surface area contributed by atoms with Crippen LogP contribution in [0.25, 0.3) is 0 Å². The summed E-state index contributed by atoms with van der Waals surface area (Å²) >= 11 is 0. The second-order valence-corrected chi connectivity index (χ2v) is 4.60. The van der Waals surface area contributed by atoms with Crippen LogP contribution in [0.4, 0.5) is 4.39 Å². The second-order valence-electron chi connectivity index (χ2n) is 4.60. The SMILES string of the molecule is N#Cc1cccc(COCC2CCNCC2)c1F. The van der Waals surface area contributed by atoms with Gasteiger partial charge >= 0.3 is 0 Å². The average Bonchev–Trinajstić information content (AvgIpc) is 2.42. The molecule has 0 saturated carbocycles. The molecule has 1 heterocycles. The summed E-state index contributed by atoms with van der Waals surface area (Å²) in [5.41, 5.74) is 0.543. The van der Waals surface area contributed by atoms with Crippen molar-refractivity contribution in [3.05, 3.63) is 35.1 Å². The van der Waals surface area contributed by atoms with Gasteiger partial charge in [-0.05, 0) is 37.9 Å². The van der Waals surface area contributed by atoms with E-state index < -0.39 is 5.82 Å². The minimum Gasteiger partial charge on any atom is -0.376 e. The molecule has 4 heteroatoms. The molecule has 0 aromatic heterocycles. The van der Waals surface area contributed by atoms with E-state index in [-0.39, 0.29) is 12.2 Å². The summed E-state index contributed by atoms with van der Waals surface area (Å²) in [4.78, 5) is 0. The Balaban J connectivity index is 1.84. The number of benzene rings is 1. The molecule has 1 aromatic rings. The van der Waals surface area contributed by atoms with Crippen LogP contribution in [0.1, 0.15) is 24.0 Å². The van der Waals surface area contributed by atoms with Crippen LogP contribution in [-0.4, -0.2) is 19.7 Å². The van der Waals surface area contributed by atoms with E-state index in [2.05, 4.69) is 5.32 Å². The molecule has 2 rings (SSSR count). The van der Waals surface area contributed by atoms with E-state index in [0.29, 0.717) is 18.1 Å². The van der Waals surface area contributed by atoms with Gasteiger partial charge < -0.3 is 10.1 Å². The van der Waals surface area contributed by atoms with Crippen molar-refractivity contribution in [3.8, 4) is 6.07 Å². The molecule has 3 nitrogen and oxygen atoms in total. The Hall–Kier alpha value is -1.44. The molecule has 1 saturated heterocycles. The van der Waals surface area contributed by atoms with Crippen molar-refractivity contribution in [2.24, 2.45) is 5.92 Å². The van der Waals surface area contributed by atoms with Gasteiger partial charge in [0.2, 0.25) is 0 Å². The molecule has 0 bridgehead atoms. The smallest absolute Gasteiger partial charge is 0.146 e. The van der Waals surface area contributed by atoms with Crippen LogP contribution in [0, 0.1) is 23.1 Å². The predicted molar refractivity (Wildman–Crippen MR) is 66.4 cm³/mol. The molecule has 0 radical (unpaired) electrons. The highest BCUT2D eigenvalue weighted by atomic mass is 19.1. The summed E-state index contributed by atoms with van der Waals surface area (Å²) in [5.74, 6) is 0.110. The maximum absolute atomic E-state index is 13.7. The van der Waals surface area contributed by atoms with Gasteiger partial charge in [0, 0.05) is 12.2 Å². The highest BCUT2D eigenvalue weighted by Crippen LogP contribution is 2.16. The van der Waals surface area contributed by atoms with E-state index in [4.69, 9.17) is 10.00 Å². The number of hydrogen-bond donors (Lipinski definition) is 1. The first-order valence-electron chi connectivity index (χ1n) is 6.27. The van der Waals surface area contributed by atoms with Gasteiger partial charge in [-0.2, -0.15) is 5.26 Å². The van der Waals surface area contributed by atoms with Gasteiger partial charge in [-0.3, -0.25) is 0 Å². The van der Waals surface area contributed by atoms with Crippen molar-refractivity contribution in [1.29, 1.82) is 5.26 Å². The summed E-state index contributed by atoms with van der Waals surface area (Å²) < 4.78 is 19.3. The van der Waals surface area contributed by atoms with Crippen LogP contribution >= 0.6 is 0 Å². The molecule has 1 aliphatic heterocycles. The van der Waals surface area contributed by atoms with Crippen LogP contribution in [0.5, 0.6) is 0 Å². The Bertz CT molecular complexity index is 436. The van der Waals surface area contributed by atoms with Crippen LogP contribution in [-0.2, 0) is 11.3 Å². The van der Waals surface area contributed by atoms with E-state index in [1.807, 2.05) is 6.07 Å². The molecule has 0 aliphatic carbocycles. The van der Waals surface area contributed by atoms with Gasteiger partial charge in [0.15, 0.2) is 0 Å². The third-order valence-corrected chi connectivity index (χ3v) is 3.27. The first-order chi connectivity index (χ1) is 8.81. The molecular formula is C14H17FN2O. The number of hydrogen-bond acceptors (Lipinski definition) is 3. The van der Waals surface area contributed by atoms with Crippen molar-refractivity contribution in [2.75, 3.05) is 19.7 Å². The third-order valence-electron chi connectivity index (χ3n) is 3.27. The number of ether oxygens (including phenoxy) is 1. The van der Waals surface area contributed by atoms with Crippen molar-refractivity contribution in [3.63, 3.8) is 0 Å². The highest BCUT2D eigenvalue weighted by Gasteiger charge is 2.13. The molecule has 0 spiro atoms.